The molecule has 0 bridgehead atoms. The Morgan fingerprint density at radius 1 is 0.710 bits per heavy atom. The number of amides is 1. The lowest BCUT2D eigenvalue weighted by molar-refractivity contribution is -0.121. The Bertz CT molecular complexity index is 532. The Morgan fingerprint density at radius 3 is 1.58 bits per heavy atom. The number of unbranched alkanes of at least 4 members (excludes halogenated alkanes) is 16. The first-order valence-corrected chi connectivity index (χ1v) is 14.4. The van der Waals surface area contributed by atoms with E-state index >= 15 is 0 Å². The van der Waals surface area contributed by atoms with Gasteiger partial charge in [-0.3, -0.25) is 9.35 Å². The van der Waals surface area contributed by atoms with E-state index in [4.69, 9.17) is 4.55 Å². The number of allylic oxidation sites excluding steroid dienone is 2. The molecule has 0 atom stereocenters. The van der Waals surface area contributed by atoms with Crippen molar-refractivity contribution >= 4 is 16.0 Å². The third-order valence-corrected chi connectivity index (χ3v) is 6.32. The monoisotopic (exact) mass is 459 g/mol. The number of carbonyl (C=O) groups excluding carboxylic acids is 1. The third-order valence-electron chi connectivity index (χ3n) is 5.60. The summed E-state index contributed by atoms with van der Waals surface area (Å²) in [6.07, 6.45) is 28.1. The van der Waals surface area contributed by atoms with E-state index < -0.39 is 15.9 Å². The molecule has 0 radical (unpaired) electrons. The Kier molecular flexibility index (Phi) is 21.7. The molecule has 1 amide bonds. The molecule has 0 rings (SSSR count). The highest BCUT2D eigenvalue weighted by Gasteiger charge is 2.06. The molecule has 0 aliphatic rings. The minimum atomic E-state index is -3.99. The molecule has 0 heterocycles. The van der Waals surface area contributed by atoms with Gasteiger partial charge in [-0.25, -0.2) is 0 Å². The molecule has 5 nitrogen and oxygen atoms in total. The van der Waals surface area contributed by atoms with E-state index in [-0.39, 0.29) is 12.5 Å². The van der Waals surface area contributed by atoms with Gasteiger partial charge in [0.25, 0.3) is 10.1 Å². The molecule has 0 fully saturated rings. The summed E-state index contributed by atoms with van der Waals surface area (Å²) in [5, 5.41) is 2.52. The highest BCUT2D eigenvalue weighted by Crippen LogP contribution is 2.12. The van der Waals surface area contributed by atoms with Crippen LogP contribution in [0.1, 0.15) is 129 Å². The van der Waals surface area contributed by atoms with Crippen LogP contribution in [-0.2, 0) is 14.9 Å². The fourth-order valence-corrected chi connectivity index (χ4v) is 4.01. The predicted octanol–water partition coefficient (Wildman–Crippen LogP) is 6.98. The maximum atomic E-state index is 11.5. The van der Waals surface area contributed by atoms with E-state index in [0.29, 0.717) is 6.42 Å². The summed E-state index contributed by atoms with van der Waals surface area (Å²) >= 11 is 0. The highest BCUT2D eigenvalue weighted by molar-refractivity contribution is 7.85. The van der Waals surface area contributed by atoms with Gasteiger partial charge in [-0.05, 0) is 32.1 Å². The van der Waals surface area contributed by atoms with Gasteiger partial charge in [0.1, 0.15) is 0 Å². The topological polar surface area (TPSA) is 83.5 Å². The van der Waals surface area contributed by atoms with Crippen LogP contribution in [0.2, 0.25) is 0 Å². The molecule has 0 spiro atoms. The first-order valence-electron chi connectivity index (χ1n) is 12.8. The number of hydrogen-bond donors (Lipinski definition) is 2. The number of carbonyl (C=O) groups is 1. The lowest BCUT2D eigenvalue weighted by Crippen LogP contribution is -2.28. The summed E-state index contributed by atoms with van der Waals surface area (Å²) in [4.78, 5) is 11.5. The highest BCUT2D eigenvalue weighted by atomic mass is 32.2. The lowest BCUT2D eigenvalue weighted by atomic mass is 10.0. The molecule has 6 heteroatoms. The summed E-state index contributed by atoms with van der Waals surface area (Å²) in [6.45, 7) is 2.24. The fraction of sp³-hybridized carbons (Fsp3) is 0.880. The Hall–Kier alpha value is -0.880. The first kappa shape index (κ1) is 30.1. The van der Waals surface area contributed by atoms with Gasteiger partial charge in [0.05, 0.1) is 5.75 Å². The summed E-state index contributed by atoms with van der Waals surface area (Å²) in [6, 6.07) is 0. The average molecular weight is 460 g/mol. The number of hydrogen-bond acceptors (Lipinski definition) is 3. The van der Waals surface area contributed by atoms with E-state index in [1.807, 2.05) is 0 Å². The minimum Gasteiger partial charge on any atom is -0.355 e. The van der Waals surface area contributed by atoms with E-state index in [2.05, 4.69) is 24.4 Å². The summed E-state index contributed by atoms with van der Waals surface area (Å²) < 4.78 is 29.7. The molecule has 31 heavy (non-hydrogen) atoms. The minimum absolute atomic E-state index is 0.0207. The second kappa shape index (κ2) is 22.3. The van der Waals surface area contributed by atoms with E-state index in [9.17, 15) is 13.2 Å². The van der Waals surface area contributed by atoms with Crippen molar-refractivity contribution in [3.63, 3.8) is 0 Å². The van der Waals surface area contributed by atoms with Crippen LogP contribution in [-0.4, -0.2) is 31.2 Å². The molecule has 0 aromatic carbocycles. The van der Waals surface area contributed by atoms with Gasteiger partial charge in [-0.15, -0.1) is 0 Å². The largest absolute Gasteiger partial charge is 0.355 e. The molecule has 0 aliphatic carbocycles. The van der Waals surface area contributed by atoms with Crippen molar-refractivity contribution in [2.75, 3.05) is 12.3 Å². The average Bonchev–Trinajstić information content (AvgIpc) is 2.71. The van der Waals surface area contributed by atoms with Crippen molar-refractivity contribution in [1.82, 2.24) is 5.32 Å². The zero-order valence-electron chi connectivity index (χ0n) is 20.1. The summed E-state index contributed by atoms with van der Waals surface area (Å²) in [7, 11) is -3.99. The van der Waals surface area contributed by atoms with Crippen LogP contribution >= 0.6 is 0 Å². The second-order valence-electron chi connectivity index (χ2n) is 8.74. The van der Waals surface area contributed by atoms with E-state index in [0.717, 1.165) is 19.3 Å². The number of rotatable bonds is 23. The van der Waals surface area contributed by atoms with Crippen molar-refractivity contribution < 1.29 is 17.8 Å². The van der Waals surface area contributed by atoms with E-state index in [1.165, 1.54) is 96.3 Å². The predicted molar refractivity (Wildman–Crippen MR) is 132 cm³/mol. The molecule has 184 valence electrons. The maximum absolute atomic E-state index is 11.5. The quantitative estimate of drug-likeness (QED) is 0.0980. The van der Waals surface area contributed by atoms with Crippen LogP contribution in [0, 0.1) is 0 Å². The Labute approximate surface area is 192 Å². The van der Waals surface area contributed by atoms with Crippen molar-refractivity contribution in [2.24, 2.45) is 0 Å². The number of nitrogens with one attached hydrogen (secondary N) is 1. The van der Waals surface area contributed by atoms with Crippen molar-refractivity contribution in [2.45, 2.75) is 129 Å². The maximum Gasteiger partial charge on any atom is 0.266 e. The molecule has 0 saturated carbocycles. The molecule has 0 aliphatic heterocycles. The first-order chi connectivity index (χ1) is 15.0. The van der Waals surface area contributed by atoms with Gasteiger partial charge in [0, 0.05) is 13.0 Å². The van der Waals surface area contributed by atoms with Gasteiger partial charge in [-0.1, -0.05) is 103 Å². The van der Waals surface area contributed by atoms with E-state index in [1.54, 1.807) is 0 Å². The Balaban J connectivity index is 3.21. The van der Waals surface area contributed by atoms with Crippen LogP contribution in [0.15, 0.2) is 12.2 Å². The SMILES string of the molecule is CCCCCCCC/C=C\CCCCCCCCCCCCC(=O)NCCS(=O)(=O)O. The smallest absolute Gasteiger partial charge is 0.266 e. The van der Waals surface area contributed by atoms with Crippen molar-refractivity contribution in [3.05, 3.63) is 12.2 Å². The molecule has 0 aromatic heterocycles. The zero-order chi connectivity index (χ0) is 23.0. The molecule has 0 saturated heterocycles. The Morgan fingerprint density at radius 2 is 1.13 bits per heavy atom. The van der Waals surface area contributed by atoms with Crippen LogP contribution in [0.5, 0.6) is 0 Å². The summed E-state index contributed by atoms with van der Waals surface area (Å²) in [5.41, 5.74) is 0. The normalized spacial score (nSPS) is 11.9. The molecule has 0 unspecified atom stereocenters. The standard InChI is InChI=1S/C25H49NO4S/c1-2-3-4-5-6-7-8-9-10-11-12-13-14-15-16-17-18-19-20-21-22-25(27)26-23-24-31(28,29)30/h9-10H,2-8,11-24H2,1H3,(H,26,27)(H,28,29,30)/b10-9-. The van der Waals surface area contributed by atoms with Crippen molar-refractivity contribution in [3.8, 4) is 0 Å². The fourth-order valence-electron chi connectivity index (χ4n) is 3.65. The zero-order valence-corrected chi connectivity index (χ0v) is 20.9. The molecular weight excluding hydrogens is 410 g/mol. The second-order valence-corrected chi connectivity index (χ2v) is 10.3. The molecule has 2 N–H and O–H groups in total. The van der Waals surface area contributed by atoms with Gasteiger partial charge >= 0.3 is 0 Å². The van der Waals surface area contributed by atoms with Gasteiger partial charge in [0.2, 0.25) is 5.91 Å². The van der Waals surface area contributed by atoms with Crippen LogP contribution in [0.3, 0.4) is 0 Å². The molecular formula is C25H49NO4S. The summed E-state index contributed by atoms with van der Waals surface area (Å²) in [5.74, 6) is -0.560. The van der Waals surface area contributed by atoms with Crippen molar-refractivity contribution in [1.29, 1.82) is 0 Å². The van der Waals surface area contributed by atoms with Gasteiger partial charge < -0.3 is 5.32 Å². The van der Waals surface area contributed by atoms with Crippen LogP contribution in [0.4, 0.5) is 0 Å². The van der Waals surface area contributed by atoms with Gasteiger partial charge in [-0.2, -0.15) is 8.42 Å². The van der Waals surface area contributed by atoms with Gasteiger partial charge in [0.15, 0.2) is 0 Å². The van der Waals surface area contributed by atoms with Crippen LogP contribution < -0.4 is 5.32 Å². The molecule has 0 aromatic rings. The lowest BCUT2D eigenvalue weighted by Gasteiger charge is -2.04. The van der Waals surface area contributed by atoms with Crippen LogP contribution in [0.25, 0.3) is 0 Å². The third kappa shape index (κ3) is 27.1.